The molecule has 0 unspecified atom stereocenters. The van der Waals surface area contributed by atoms with Gasteiger partial charge in [-0.15, -0.1) is 11.8 Å². The van der Waals surface area contributed by atoms with Gasteiger partial charge in [0.25, 0.3) is 5.91 Å². The summed E-state index contributed by atoms with van der Waals surface area (Å²) in [4.78, 5) is 35.5. The fourth-order valence-electron chi connectivity index (χ4n) is 4.18. The van der Waals surface area contributed by atoms with Gasteiger partial charge in [-0.25, -0.2) is 4.79 Å². The van der Waals surface area contributed by atoms with Crippen molar-refractivity contribution in [3.05, 3.63) is 95.1 Å². The molecule has 3 aromatic carbocycles. The van der Waals surface area contributed by atoms with Crippen LogP contribution in [0.2, 0.25) is 0 Å². The largest absolute Gasteiger partial charge is 0.478 e. The van der Waals surface area contributed by atoms with E-state index >= 15 is 0 Å². The number of aromatic carboxylic acids is 1. The highest BCUT2D eigenvalue weighted by Crippen LogP contribution is 2.39. The van der Waals surface area contributed by atoms with Crippen LogP contribution in [0.3, 0.4) is 0 Å². The molecule has 10 heteroatoms. The van der Waals surface area contributed by atoms with Crippen molar-refractivity contribution in [1.82, 2.24) is 0 Å². The van der Waals surface area contributed by atoms with E-state index in [0.29, 0.717) is 17.9 Å². The van der Waals surface area contributed by atoms with Crippen LogP contribution in [0.5, 0.6) is 0 Å². The molecule has 1 heterocycles. The number of aliphatic hydroxyl groups excluding tert-OH is 1. The number of thioether (sulfide) groups is 1. The van der Waals surface area contributed by atoms with Crippen LogP contribution in [-0.2, 0) is 30.4 Å². The number of carbonyl (C=O) groups excluding carboxylic acids is 2. The maximum Gasteiger partial charge on any atom is 0.335 e. The second kappa shape index (κ2) is 13.6. The van der Waals surface area contributed by atoms with Crippen LogP contribution in [0.4, 0.5) is 5.69 Å². The maximum absolute atomic E-state index is 12.3. The summed E-state index contributed by atoms with van der Waals surface area (Å²) < 4.78 is 17.6. The van der Waals surface area contributed by atoms with Crippen LogP contribution in [0.1, 0.15) is 59.7 Å². The summed E-state index contributed by atoms with van der Waals surface area (Å²) in [5, 5.41) is 21.3. The van der Waals surface area contributed by atoms with Crippen LogP contribution in [0.25, 0.3) is 0 Å². The predicted molar refractivity (Wildman–Crippen MR) is 149 cm³/mol. The van der Waals surface area contributed by atoms with E-state index in [1.807, 2.05) is 36.4 Å². The molecule has 1 amide bonds. The van der Waals surface area contributed by atoms with Gasteiger partial charge in [0.05, 0.1) is 24.4 Å². The number of hydrogen-bond donors (Lipinski definition) is 3. The number of carbonyl (C=O) groups is 3. The van der Waals surface area contributed by atoms with Gasteiger partial charge < -0.3 is 29.7 Å². The Hall–Kier alpha value is -3.70. The van der Waals surface area contributed by atoms with E-state index < -0.39 is 30.2 Å². The van der Waals surface area contributed by atoms with Crippen LogP contribution in [0.15, 0.2) is 77.7 Å². The molecular weight excluding hydrogens is 534 g/mol. The Kier molecular flexibility index (Phi) is 9.94. The van der Waals surface area contributed by atoms with E-state index in [0.717, 1.165) is 21.6 Å². The lowest BCUT2D eigenvalue weighted by Crippen LogP contribution is -2.31. The van der Waals surface area contributed by atoms with Gasteiger partial charge in [0.15, 0.2) is 12.4 Å². The fourth-order valence-corrected chi connectivity index (χ4v) is 5.10. The highest BCUT2D eigenvalue weighted by molar-refractivity contribution is 7.99. The highest BCUT2D eigenvalue weighted by Gasteiger charge is 2.32. The molecule has 0 radical (unpaired) electrons. The Morgan fingerprint density at radius 3 is 2.23 bits per heavy atom. The number of hydrogen-bond acceptors (Lipinski definition) is 8. The first-order valence-corrected chi connectivity index (χ1v) is 13.7. The first-order valence-electron chi connectivity index (χ1n) is 12.8. The maximum atomic E-state index is 12.3. The smallest absolute Gasteiger partial charge is 0.335 e. The zero-order valence-corrected chi connectivity index (χ0v) is 22.9. The Morgan fingerprint density at radius 1 is 0.975 bits per heavy atom. The topological polar surface area (TPSA) is 131 Å². The van der Waals surface area contributed by atoms with Gasteiger partial charge >= 0.3 is 11.9 Å². The van der Waals surface area contributed by atoms with Gasteiger partial charge in [-0.2, -0.15) is 0 Å². The fraction of sp³-hybridized carbons (Fsp3) is 0.300. The summed E-state index contributed by atoms with van der Waals surface area (Å²) in [7, 11) is 0. The number of ether oxygens (including phenoxy) is 3. The molecule has 0 aromatic heterocycles. The number of aliphatic hydroxyl groups is 1. The quantitative estimate of drug-likeness (QED) is 0.227. The number of amides is 1. The Bertz CT molecular complexity index is 1310. The summed E-state index contributed by atoms with van der Waals surface area (Å²) >= 11 is 1.57. The van der Waals surface area contributed by atoms with Gasteiger partial charge in [-0.05, 0) is 54.4 Å². The van der Waals surface area contributed by atoms with Crippen LogP contribution >= 0.6 is 11.8 Å². The minimum absolute atomic E-state index is 0.0417. The lowest BCUT2D eigenvalue weighted by molar-refractivity contribution is -0.245. The molecule has 1 aliphatic heterocycles. The Morgan fingerprint density at radius 2 is 1.62 bits per heavy atom. The number of esters is 1. The second-order valence-electron chi connectivity index (χ2n) is 9.35. The third-order valence-electron chi connectivity index (χ3n) is 6.31. The summed E-state index contributed by atoms with van der Waals surface area (Å²) in [5.41, 5.74) is 3.32. The third-order valence-corrected chi connectivity index (χ3v) is 7.46. The molecule has 3 N–H and O–H groups in total. The molecule has 0 spiro atoms. The van der Waals surface area contributed by atoms with E-state index in [1.165, 1.54) is 13.8 Å². The number of benzene rings is 3. The second-order valence-corrected chi connectivity index (χ2v) is 10.4. The van der Waals surface area contributed by atoms with Crippen molar-refractivity contribution in [2.24, 2.45) is 0 Å². The number of nitrogens with one attached hydrogen (secondary N) is 1. The third kappa shape index (κ3) is 7.92. The molecule has 210 valence electrons. The monoisotopic (exact) mass is 565 g/mol. The summed E-state index contributed by atoms with van der Waals surface area (Å²) in [5.74, 6) is -1.31. The number of rotatable bonds is 10. The zero-order chi connectivity index (χ0) is 28.6. The van der Waals surface area contributed by atoms with Crippen molar-refractivity contribution in [2.45, 2.75) is 56.4 Å². The van der Waals surface area contributed by atoms with Crippen LogP contribution in [0, 0.1) is 0 Å². The van der Waals surface area contributed by atoms with Crippen molar-refractivity contribution in [2.75, 3.05) is 11.1 Å². The average Bonchev–Trinajstić information content (AvgIpc) is 2.96. The zero-order valence-electron chi connectivity index (χ0n) is 22.1. The average molecular weight is 566 g/mol. The molecule has 4 rings (SSSR count). The van der Waals surface area contributed by atoms with E-state index in [9.17, 15) is 19.5 Å². The first kappa shape index (κ1) is 29.3. The minimum atomic E-state index is -0.966. The van der Waals surface area contributed by atoms with Gasteiger partial charge in [-0.1, -0.05) is 36.4 Å². The van der Waals surface area contributed by atoms with Gasteiger partial charge in [0.1, 0.15) is 0 Å². The number of carboxylic acid groups (broad SMARTS) is 1. The Labute approximate surface area is 236 Å². The molecular formula is C30H31NO8S. The molecule has 4 atom stereocenters. The minimum Gasteiger partial charge on any atom is -0.478 e. The van der Waals surface area contributed by atoms with Crippen molar-refractivity contribution < 1.29 is 38.8 Å². The molecule has 40 heavy (non-hydrogen) atoms. The van der Waals surface area contributed by atoms with Gasteiger partial charge in [-0.3, -0.25) is 9.59 Å². The normalized spacial score (nSPS) is 19.4. The van der Waals surface area contributed by atoms with Crippen molar-refractivity contribution in [3.8, 4) is 0 Å². The van der Waals surface area contributed by atoms with Crippen molar-refractivity contribution >= 4 is 35.3 Å². The molecule has 0 saturated carbocycles. The SMILES string of the molecule is CC(=O)O[C@@H](C)C(=O)Nc1ccc([C@H]2O[C@@H](CSc3ccc(C(=O)O)cc3)C[C@@H](c3ccc(CO)cc3)O2)cc1. The lowest BCUT2D eigenvalue weighted by Gasteiger charge is -2.36. The highest BCUT2D eigenvalue weighted by atomic mass is 32.2. The van der Waals surface area contributed by atoms with Gasteiger partial charge in [0, 0.05) is 35.2 Å². The lowest BCUT2D eigenvalue weighted by atomic mass is 10.0. The molecule has 0 aliphatic carbocycles. The summed E-state index contributed by atoms with van der Waals surface area (Å²) in [6.45, 7) is 2.71. The van der Waals surface area contributed by atoms with Crippen LogP contribution < -0.4 is 5.32 Å². The summed E-state index contributed by atoms with van der Waals surface area (Å²) in [6, 6.07) is 21.4. The predicted octanol–water partition coefficient (Wildman–Crippen LogP) is 5.10. The molecule has 1 fully saturated rings. The van der Waals surface area contributed by atoms with E-state index in [4.69, 9.17) is 19.3 Å². The molecule has 3 aromatic rings. The standard InChI is InChI=1S/C30H31NO8S/c1-18(37-19(2)33)28(34)31-24-11-7-23(8-12-24)30-38-25(17-40-26-13-9-22(10-14-26)29(35)36)15-27(39-30)21-5-3-20(16-32)4-6-21/h3-14,18,25,27,30,32H,15-17H2,1-2H3,(H,31,34)(H,35,36)/t18-,25+,27-,30-/m0/s1. The molecule has 0 bridgehead atoms. The molecule has 9 nitrogen and oxygen atoms in total. The van der Waals surface area contributed by atoms with Crippen molar-refractivity contribution in [1.29, 1.82) is 0 Å². The first-order chi connectivity index (χ1) is 19.2. The number of anilines is 1. The van der Waals surface area contributed by atoms with E-state index in [2.05, 4.69) is 5.32 Å². The van der Waals surface area contributed by atoms with E-state index in [-0.39, 0.29) is 24.4 Å². The van der Waals surface area contributed by atoms with Crippen LogP contribution in [-0.4, -0.2) is 46.0 Å². The van der Waals surface area contributed by atoms with Gasteiger partial charge in [0.2, 0.25) is 0 Å². The molecule has 1 aliphatic rings. The Balaban J connectivity index is 1.47. The van der Waals surface area contributed by atoms with E-state index in [1.54, 1.807) is 48.2 Å². The number of carboxylic acids is 1. The summed E-state index contributed by atoms with van der Waals surface area (Å²) in [6.07, 6.45) is -1.40. The molecule has 1 saturated heterocycles. The van der Waals surface area contributed by atoms with Crippen molar-refractivity contribution in [3.63, 3.8) is 0 Å².